The predicted octanol–water partition coefficient (Wildman–Crippen LogP) is 2.93. The second-order valence-electron chi connectivity index (χ2n) is 9.32. The number of ether oxygens (including phenoxy) is 3. The number of hydrogen-bond donors (Lipinski definition) is 2. The summed E-state index contributed by atoms with van der Waals surface area (Å²) in [6, 6.07) is 2.93. The van der Waals surface area contributed by atoms with Crippen LogP contribution in [0.4, 0.5) is 10.5 Å². The first-order chi connectivity index (χ1) is 16.5. The minimum absolute atomic E-state index is 0.112. The molecular weight excluding hydrogens is 476 g/mol. The van der Waals surface area contributed by atoms with Crippen molar-refractivity contribution in [3.63, 3.8) is 0 Å². The summed E-state index contributed by atoms with van der Waals surface area (Å²) in [5, 5.41) is 2.96. The van der Waals surface area contributed by atoms with Crippen LogP contribution in [-0.2, 0) is 14.3 Å². The number of carbonyl (C=O) groups excluding carboxylic acids is 3. The van der Waals surface area contributed by atoms with Gasteiger partial charge in [-0.2, -0.15) is 0 Å². The lowest BCUT2D eigenvalue weighted by atomic mass is 10.2. The van der Waals surface area contributed by atoms with E-state index < -0.39 is 17.7 Å². The first-order valence-electron chi connectivity index (χ1n) is 11.8. The Hall–Kier alpha value is -2.72. The molecule has 1 aliphatic rings. The van der Waals surface area contributed by atoms with Crippen LogP contribution < -0.4 is 15.8 Å². The molecule has 1 saturated heterocycles. The van der Waals surface area contributed by atoms with Crippen LogP contribution in [0.15, 0.2) is 12.1 Å². The number of nitrogens with zero attached hydrogens (tertiary/aromatic N) is 2. The molecule has 10 nitrogen and oxygen atoms in total. The number of piperazine rings is 1. The third kappa shape index (κ3) is 9.81. The van der Waals surface area contributed by atoms with Crippen LogP contribution >= 0.6 is 11.6 Å². The molecule has 35 heavy (non-hydrogen) atoms. The summed E-state index contributed by atoms with van der Waals surface area (Å²) in [5.41, 5.74) is 5.77. The number of carbonyl (C=O) groups is 3. The van der Waals surface area contributed by atoms with E-state index in [1.807, 2.05) is 25.7 Å². The Bertz CT molecular complexity index is 882. The Kier molecular flexibility index (Phi) is 10.9. The quantitative estimate of drug-likeness (QED) is 0.278. The lowest BCUT2D eigenvalue weighted by molar-refractivity contribution is -0.133. The number of alkyl carbamates (subject to hydrolysis) is 1. The van der Waals surface area contributed by atoms with Crippen molar-refractivity contribution in [2.45, 2.75) is 45.6 Å². The van der Waals surface area contributed by atoms with Gasteiger partial charge < -0.3 is 30.2 Å². The number of methoxy groups -OCH3 is 1. The van der Waals surface area contributed by atoms with Gasteiger partial charge in [0.15, 0.2) is 0 Å². The third-order valence-corrected chi connectivity index (χ3v) is 5.72. The van der Waals surface area contributed by atoms with E-state index in [9.17, 15) is 14.4 Å². The highest BCUT2D eigenvalue weighted by molar-refractivity contribution is 6.33. The van der Waals surface area contributed by atoms with Gasteiger partial charge >= 0.3 is 12.1 Å². The van der Waals surface area contributed by atoms with Gasteiger partial charge in [0.05, 0.1) is 17.8 Å². The van der Waals surface area contributed by atoms with Crippen LogP contribution in [0.25, 0.3) is 0 Å². The minimum atomic E-state index is -0.529. The van der Waals surface area contributed by atoms with Crippen LogP contribution in [0.3, 0.4) is 0 Å². The van der Waals surface area contributed by atoms with E-state index in [0.29, 0.717) is 70.0 Å². The van der Waals surface area contributed by atoms with Crippen molar-refractivity contribution < 1.29 is 28.6 Å². The van der Waals surface area contributed by atoms with E-state index in [1.165, 1.54) is 19.2 Å². The number of unbranched alkanes of at least 4 members (excludes halogenated alkanes) is 1. The number of nitrogen functional groups attached to an aromatic ring is 1. The van der Waals surface area contributed by atoms with Crippen molar-refractivity contribution >= 4 is 35.3 Å². The third-order valence-electron chi connectivity index (χ3n) is 5.39. The van der Waals surface area contributed by atoms with Crippen LogP contribution in [0.5, 0.6) is 5.75 Å². The van der Waals surface area contributed by atoms with Gasteiger partial charge in [0, 0.05) is 51.8 Å². The normalized spacial score (nSPS) is 14.4. The topological polar surface area (TPSA) is 123 Å². The summed E-state index contributed by atoms with van der Waals surface area (Å²) < 4.78 is 15.8. The molecule has 1 heterocycles. The number of halogens is 1. The Balaban J connectivity index is 1.62. The lowest BCUT2D eigenvalue weighted by Crippen LogP contribution is -2.49. The summed E-state index contributed by atoms with van der Waals surface area (Å²) in [4.78, 5) is 40.5. The number of rotatable bonds is 10. The maximum Gasteiger partial charge on any atom is 0.407 e. The highest BCUT2D eigenvalue weighted by Crippen LogP contribution is 2.29. The molecule has 1 fully saturated rings. The van der Waals surface area contributed by atoms with Gasteiger partial charge in [0.2, 0.25) is 5.91 Å². The second-order valence-corrected chi connectivity index (χ2v) is 9.73. The van der Waals surface area contributed by atoms with E-state index in [4.69, 9.17) is 31.5 Å². The van der Waals surface area contributed by atoms with Crippen LogP contribution in [0.2, 0.25) is 5.02 Å². The number of nitrogens with two attached hydrogens (primary N) is 1. The largest absolute Gasteiger partial charge is 0.496 e. The number of hydrogen-bond acceptors (Lipinski definition) is 8. The van der Waals surface area contributed by atoms with Crippen molar-refractivity contribution in [3.05, 3.63) is 22.7 Å². The molecule has 0 spiro atoms. The van der Waals surface area contributed by atoms with E-state index in [2.05, 4.69) is 10.2 Å². The first-order valence-corrected chi connectivity index (χ1v) is 12.1. The van der Waals surface area contributed by atoms with Crippen LogP contribution in [0.1, 0.15) is 50.4 Å². The molecule has 1 aliphatic heterocycles. The molecule has 0 bridgehead atoms. The van der Waals surface area contributed by atoms with Gasteiger partial charge in [-0.15, -0.1) is 0 Å². The summed E-state index contributed by atoms with van der Waals surface area (Å²) in [5.74, 6) is -0.107. The number of nitrogens with one attached hydrogen (secondary N) is 1. The Labute approximate surface area is 212 Å². The van der Waals surface area contributed by atoms with Gasteiger partial charge in [-0.05, 0) is 39.7 Å². The zero-order valence-corrected chi connectivity index (χ0v) is 21.8. The highest BCUT2D eigenvalue weighted by atomic mass is 35.5. The zero-order valence-electron chi connectivity index (χ0n) is 21.0. The molecule has 196 valence electrons. The summed E-state index contributed by atoms with van der Waals surface area (Å²) in [7, 11) is 1.45. The zero-order chi connectivity index (χ0) is 26.0. The average molecular weight is 513 g/mol. The molecule has 1 aromatic rings. The van der Waals surface area contributed by atoms with Crippen LogP contribution in [-0.4, -0.2) is 86.4 Å². The molecule has 0 radical (unpaired) electrons. The van der Waals surface area contributed by atoms with E-state index in [1.54, 1.807) is 0 Å². The Morgan fingerprint density at radius 3 is 2.43 bits per heavy atom. The lowest BCUT2D eigenvalue weighted by Gasteiger charge is -2.34. The van der Waals surface area contributed by atoms with Crippen molar-refractivity contribution in [2.24, 2.45) is 0 Å². The van der Waals surface area contributed by atoms with Crippen molar-refractivity contribution in [3.8, 4) is 5.75 Å². The molecular formula is C24H37ClN4O6. The maximum absolute atomic E-state index is 12.5. The van der Waals surface area contributed by atoms with Crippen molar-refractivity contribution in [2.75, 3.05) is 58.7 Å². The fraction of sp³-hybridized carbons (Fsp3) is 0.625. The summed E-state index contributed by atoms with van der Waals surface area (Å²) >= 11 is 6.01. The fourth-order valence-electron chi connectivity index (χ4n) is 3.53. The molecule has 0 aromatic heterocycles. The molecule has 0 atom stereocenters. The summed E-state index contributed by atoms with van der Waals surface area (Å²) in [6.07, 6.45) is 1.41. The standard InChI is InChI=1S/C24H37ClN4O6/c1-24(2,3)35-23(32)27-8-6-5-7-21(30)29-11-9-28(10-12-29)13-14-34-22(31)17-15-18(25)19(26)16-20(17)33-4/h15-16H,5-14,26H2,1-4H3,(H,27,32). The second kappa shape index (κ2) is 13.4. The molecule has 0 saturated carbocycles. The summed E-state index contributed by atoms with van der Waals surface area (Å²) in [6.45, 7) is 9.36. The number of anilines is 1. The SMILES string of the molecule is COc1cc(N)c(Cl)cc1C(=O)OCCN1CCN(C(=O)CCCCNC(=O)OC(C)(C)C)CC1. The van der Waals surface area contributed by atoms with E-state index >= 15 is 0 Å². The monoisotopic (exact) mass is 512 g/mol. The number of benzene rings is 1. The van der Waals surface area contributed by atoms with Gasteiger partial charge in [-0.25, -0.2) is 9.59 Å². The number of esters is 1. The predicted molar refractivity (Wildman–Crippen MR) is 134 cm³/mol. The van der Waals surface area contributed by atoms with Gasteiger partial charge in [0.25, 0.3) is 0 Å². The molecule has 1 aromatic carbocycles. The molecule has 3 N–H and O–H groups in total. The highest BCUT2D eigenvalue weighted by Gasteiger charge is 2.22. The average Bonchev–Trinajstić information content (AvgIpc) is 2.79. The molecule has 2 rings (SSSR count). The molecule has 2 amide bonds. The fourth-order valence-corrected chi connectivity index (χ4v) is 3.69. The van der Waals surface area contributed by atoms with E-state index in [0.717, 1.165) is 0 Å². The first kappa shape index (κ1) is 28.5. The maximum atomic E-state index is 12.5. The van der Waals surface area contributed by atoms with Crippen LogP contribution in [0, 0.1) is 0 Å². The minimum Gasteiger partial charge on any atom is -0.496 e. The smallest absolute Gasteiger partial charge is 0.407 e. The van der Waals surface area contributed by atoms with Gasteiger partial charge in [-0.1, -0.05) is 11.6 Å². The van der Waals surface area contributed by atoms with Gasteiger partial charge in [0.1, 0.15) is 23.5 Å². The Morgan fingerprint density at radius 1 is 1.11 bits per heavy atom. The molecule has 11 heteroatoms. The molecule has 0 aliphatic carbocycles. The Morgan fingerprint density at radius 2 is 1.80 bits per heavy atom. The van der Waals surface area contributed by atoms with Crippen molar-refractivity contribution in [1.29, 1.82) is 0 Å². The van der Waals surface area contributed by atoms with Gasteiger partial charge in [-0.3, -0.25) is 9.69 Å². The number of amides is 2. The van der Waals surface area contributed by atoms with E-state index in [-0.39, 0.29) is 23.1 Å². The van der Waals surface area contributed by atoms with Crippen molar-refractivity contribution in [1.82, 2.24) is 15.1 Å². The molecule has 0 unspecified atom stereocenters.